The summed E-state index contributed by atoms with van der Waals surface area (Å²) in [7, 11) is 0. The van der Waals surface area contributed by atoms with E-state index >= 15 is 0 Å². The average molecular weight is 461 g/mol. The summed E-state index contributed by atoms with van der Waals surface area (Å²) in [6.45, 7) is 14.6. The smallest absolute Gasteiger partial charge is 0.335 e. The first-order valence-electron chi connectivity index (χ1n) is 11.1. The highest BCUT2D eigenvalue weighted by Gasteiger charge is 2.14. The Morgan fingerprint density at radius 3 is 1.18 bits per heavy atom. The molecule has 1 unspecified atom stereocenters. The van der Waals surface area contributed by atoms with Gasteiger partial charge in [-0.15, -0.1) is 0 Å². The van der Waals surface area contributed by atoms with E-state index in [-0.39, 0.29) is 23.5 Å². The second-order valence-electron chi connectivity index (χ2n) is 9.84. The van der Waals surface area contributed by atoms with Crippen molar-refractivity contribution in [2.75, 3.05) is 6.61 Å². The summed E-state index contributed by atoms with van der Waals surface area (Å²) in [5.74, 6) is -1.75. The number of aliphatic hydroxyl groups is 2. The Labute approximate surface area is 197 Å². The van der Waals surface area contributed by atoms with Crippen molar-refractivity contribution in [2.45, 2.75) is 78.2 Å². The minimum atomic E-state index is -0.875. The van der Waals surface area contributed by atoms with Crippen molar-refractivity contribution in [1.29, 1.82) is 0 Å². The monoisotopic (exact) mass is 460 g/mol. The zero-order valence-corrected chi connectivity index (χ0v) is 20.9. The lowest BCUT2D eigenvalue weighted by Crippen LogP contribution is -2.11. The third-order valence-corrected chi connectivity index (χ3v) is 4.93. The van der Waals surface area contributed by atoms with Gasteiger partial charge in [0.2, 0.25) is 0 Å². The highest BCUT2D eigenvalue weighted by molar-refractivity contribution is 5.88. The van der Waals surface area contributed by atoms with Gasteiger partial charge in [-0.05, 0) is 59.1 Å². The predicted molar refractivity (Wildman–Crippen MR) is 132 cm³/mol. The van der Waals surface area contributed by atoms with Gasteiger partial charge in [-0.1, -0.05) is 72.7 Å². The SMILES string of the molecule is CC(C)(C)c1ccc(C(=O)O)cc1.CC(C)(C)c1ccc(C(=O)O)cc1.CCC(O)CCO. The predicted octanol–water partition coefficient (Wildman–Crippen LogP) is 5.50. The lowest BCUT2D eigenvalue weighted by molar-refractivity contribution is 0.0686. The van der Waals surface area contributed by atoms with Gasteiger partial charge >= 0.3 is 11.9 Å². The molecule has 0 fully saturated rings. The molecule has 2 rings (SSSR count). The average Bonchev–Trinajstić information content (AvgIpc) is 2.73. The topological polar surface area (TPSA) is 115 Å². The number of aliphatic hydroxyl groups excluding tert-OH is 2. The van der Waals surface area contributed by atoms with E-state index in [0.717, 1.165) is 17.5 Å². The molecular formula is C27H40O6. The van der Waals surface area contributed by atoms with Crippen LogP contribution in [0.15, 0.2) is 48.5 Å². The van der Waals surface area contributed by atoms with Gasteiger partial charge in [-0.25, -0.2) is 9.59 Å². The normalized spacial score (nSPS) is 11.9. The van der Waals surface area contributed by atoms with E-state index in [1.54, 1.807) is 24.3 Å². The molecule has 1 atom stereocenters. The summed E-state index contributed by atoms with van der Waals surface area (Å²) in [6, 6.07) is 14.0. The third kappa shape index (κ3) is 12.2. The van der Waals surface area contributed by atoms with Crippen LogP contribution in [0.5, 0.6) is 0 Å². The van der Waals surface area contributed by atoms with Gasteiger partial charge in [0.1, 0.15) is 0 Å². The number of rotatable bonds is 5. The van der Waals surface area contributed by atoms with Crippen molar-refractivity contribution in [1.82, 2.24) is 0 Å². The van der Waals surface area contributed by atoms with E-state index in [4.69, 9.17) is 20.4 Å². The number of benzene rings is 2. The van der Waals surface area contributed by atoms with Crippen LogP contribution in [0.2, 0.25) is 0 Å². The summed E-state index contributed by atoms with van der Waals surface area (Å²) in [5, 5.41) is 34.3. The third-order valence-electron chi connectivity index (χ3n) is 4.93. The minimum absolute atomic E-state index is 0.0804. The molecule has 0 saturated heterocycles. The molecule has 4 N–H and O–H groups in total. The molecule has 0 heterocycles. The van der Waals surface area contributed by atoms with Crippen molar-refractivity contribution < 1.29 is 30.0 Å². The first-order valence-corrected chi connectivity index (χ1v) is 11.1. The molecule has 0 spiro atoms. The van der Waals surface area contributed by atoms with Gasteiger partial charge in [-0.2, -0.15) is 0 Å². The lowest BCUT2D eigenvalue weighted by atomic mass is 9.87. The van der Waals surface area contributed by atoms with E-state index in [9.17, 15) is 9.59 Å². The molecule has 2 aromatic rings. The van der Waals surface area contributed by atoms with Crippen molar-refractivity contribution >= 4 is 11.9 Å². The number of hydrogen-bond donors (Lipinski definition) is 4. The molecule has 6 nitrogen and oxygen atoms in total. The summed E-state index contributed by atoms with van der Waals surface area (Å²) in [4.78, 5) is 21.1. The Morgan fingerprint density at radius 1 is 0.727 bits per heavy atom. The van der Waals surface area contributed by atoms with Crippen LogP contribution in [-0.2, 0) is 10.8 Å². The second kappa shape index (κ2) is 13.8. The molecule has 33 heavy (non-hydrogen) atoms. The number of carbonyl (C=O) groups is 2. The highest BCUT2D eigenvalue weighted by Crippen LogP contribution is 2.22. The lowest BCUT2D eigenvalue weighted by Gasteiger charge is -2.18. The Hall–Kier alpha value is -2.70. The highest BCUT2D eigenvalue weighted by atomic mass is 16.4. The zero-order valence-electron chi connectivity index (χ0n) is 20.9. The molecule has 0 bridgehead atoms. The molecule has 6 heteroatoms. The molecule has 0 amide bonds. The van der Waals surface area contributed by atoms with Gasteiger partial charge in [0, 0.05) is 6.61 Å². The van der Waals surface area contributed by atoms with E-state index in [2.05, 4.69) is 41.5 Å². The standard InChI is InChI=1S/2C11H14O2.C5H12O2/c2*1-11(2,3)9-6-4-8(5-7-9)10(12)13;1-2-5(7)3-4-6/h2*4-7H,1-3H3,(H,12,13);5-7H,2-4H2,1H3. The number of aromatic carboxylic acids is 2. The van der Waals surface area contributed by atoms with Crippen LogP contribution in [0.1, 0.15) is 93.2 Å². The maximum Gasteiger partial charge on any atom is 0.335 e. The van der Waals surface area contributed by atoms with Crippen molar-refractivity contribution in [3.8, 4) is 0 Å². The van der Waals surface area contributed by atoms with Crippen molar-refractivity contribution in [3.63, 3.8) is 0 Å². The molecule has 0 aliphatic heterocycles. The summed E-state index contributed by atoms with van der Waals surface area (Å²) in [5.41, 5.74) is 3.14. The van der Waals surface area contributed by atoms with Crippen LogP contribution in [0.25, 0.3) is 0 Å². The van der Waals surface area contributed by atoms with E-state index in [0.29, 0.717) is 17.5 Å². The fraction of sp³-hybridized carbons (Fsp3) is 0.481. The Bertz CT molecular complexity index is 773. The van der Waals surface area contributed by atoms with Crippen LogP contribution >= 0.6 is 0 Å². The molecule has 0 saturated carbocycles. The quantitative estimate of drug-likeness (QED) is 0.468. The van der Waals surface area contributed by atoms with Crippen LogP contribution in [-0.4, -0.2) is 45.1 Å². The Morgan fingerprint density at radius 2 is 1.03 bits per heavy atom. The summed E-state index contributed by atoms with van der Waals surface area (Å²) >= 11 is 0. The Kier molecular flexibility index (Phi) is 12.6. The minimum Gasteiger partial charge on any atom is -0.478 e. The van der Waals surface area contributed by atoms with Gasteiger partial charge in [0.05, 0.1) is 17.2 Å². The first kappa shape index (κ1) is 30.3. The molecule has 0 aliphatic rings. The largest absolute Gasteiger partial charge is 0.478 e. The molecule has 184 valence electrons. The fourth-order valence-corrected chi connectivity index (χ4v) is 2.58. The zero-order chi connectivity index (χ0) is 25.8. The maximum absolute atomic E-state index is 10.6. The van der Waals surface area contributed by atoms with Crippen LogP contribution in [0.4, 0.5) is 0 Å². The van der Waals surface area contributed by atoms with Crippen LogP contribution < -0.4 is 0 Å². The van der Waals surface area contributed by atoms with E-state index in [1.807, 2.05) is 31.2 Å². The van der Waals surface area contributed by atoms with Crippen molar-refractivity contribution in [3.05, 3.63) is 70.8 Å². The van der Waals surface area contributed by atoms with Gasteiger partial charge in [-0.3, -0.25) is 0 Å². The molecule has 0 aromatic heterocycles. The number of carboxylic acids is 2. The molecule has 0 aliphatic carbocycles. The number of carboxylic acid groups (broad SMARTS) is 2. The molecule has 0 radical (unpaired) electrons. The number of hydrogen-bond acceptors (Lipinski definition) is 4. The fourth-order valence-electron chi connectivity index (χ4n) is 2.58. The maximum atomic E-state index is 10.6. The van der Waals surface area contributed by atoms with Gasteiger partial charge in [0.25, 0.3) is 0 Å². The van der Waals surface area contributed by atoms with E-state index in [1.165, 1.54) is 0 Å². The molecular weight excluding hydrogens is 420 g/mol. The summed E-state index contributed by atoms with van der Waals surface area (Å²) in [6.07, 6.45) is 0.946. The van der Waals surface area contributed by atoms with Gasteiger partial charge < -0.3 is 20.4 Å². The van der Waals surface area contributed by atoms with Crippen LogP contribution in [0.3, 0.4) is 0 Å². The Balaban J connectivity index is 0.000000490. The van der Waals surface area contributed by atoms with Crippen LogP contribution in [0, 0.1) is 0 Å². The van der Waals surface area contributed by atoms with Gasteiger partial charge in [0.15, 0.2) is 0 Å². The summed E-state index contributed by atoms with van der Waals surface area (Å²) < 4.78 is 0. The molecule has 2 aromatic carbocycles. The van der Waals surface area contributed by atoms with E-state index < -0.39 is 11.9 Å². The van der Waals surface area contributed by atoms with Crippen molar-refractivity contribution in [2.24, 2.45) is 0 Å². The second-order valence-corrected chi connectivity index (χ2v) is 9.84. The first-order chi connectivity index (χ1) is 15.1.